The zero-order valence-electron chi connectivity index (χ0n) is 21.8. The van der Waals surface area contributed by atoms with Gasteiger partial charge in [0.15, 0.2) is 12.6 Å². The highest BCUT2D eigenvalue weighted by Gasteiger charge is 2.40. The predicted molar refractivity (Wildman–Crippen MR) is 151 cm³/mol. The molecule has 3 atom stereocenters. The van der Waals surface area contributed by atoms with Crippen LogP contribution in [-0.4, -0.2) is 67.5 Å². The van der Waals surface area contributed by atoms with Crippen LogP contribution in [0.25, 0.3) is 32.9 Å². The molecule has 0 spiro atoms. The Bertz CT molecular complexity index is 1760. The van der Waals surface area contributed by atoms with E-state index in [4.69, 9.17) is 16.3 Å². The first-order valence-corrected chi connectivity index (χ1v) is 13.8. The molecule has 12 heteroatoms. The molecule has 2 aliphatic rings. The number of fused-ring (bicyclic) bond motifs is 4. The van der Waals surface area contributed by atoms with Crippen LogP contribution in [0.15, 0.2) is 55.0 Å². The van der Waals surface area contributed by atoms with Gasteiger partial charge in [-0.05, 0) is 17.9 Å². The van der Waals surface area contributed by atoms with Gasteiger partial charge in [-0.1, -0.05) is 41.9 Å². The third-order valence-corrected chi connectivity index (χ3v) is 8.15. The number of benzene rings is 2. The standard InChI is InChI=1S/C29H26ClF2N7O2/c30-20-6-2-4-16-3-1-5-18(24(16)20)26-25(32)27-19(12-34-26)28(39-13-17-11-22(40)21(14-39)35-17)37-29(36-27)41-10-7-23-33-8-9-38(23)15-31/h1-6,8-9,12,17,21-22,35,40H,7,10-11,13-15H2/t17-,21-,22-/m1/s1. The Kier molecular flexibility index (Phi) is 6.64. The molecule has 2 aliphatic heterocycles. The van der Waals surface area contributed by atoms with Crippen molar-refractivity contribution in [3.63, 3.8) is 0 Å². The number of aliphatic hydroxyl groups is 1. The highest BCUT2D eigenvalue weighted by Crippen LogP contribution is 2.38. The number of rotatable bonds is 7. The van der Waals surface area contributed by atoms with Crippen molar-refractivity contribution in [2.24, 2.45) is 0 Å². The van der Waals surface area contributed by atoms with E-state index in [2.05, 4.69) is 25.3 Å². The molecule has 0 unspecified atom stereocenters. The van der Waals surface area contributed by atoms with Gasteiger partial charge >= 0.3 is 6.01 Å². The summed E-state index contributed by atoms with van der Waals surface area (Å²) in [5, 5.41) is 16.3. The van der Waals surface area contributed by atoms with Crippen LogP contribution < -0.4 is 15.0 Å². The maximum Gasteiger partial charge on any atom is 0.319 e. The van der Waals surface area contributed by atoms with E-state index in [0.29, 0.717) is 58.9 Å². The van der Waals surface area contributed by atoms with Crippen molar-refractivity contribution in [2.45, 2.75) is 37.8 Å². The van der Waals surface area contributed by atoms with Crippen LogP contribution in [-0.2, 0) is 13.2 Å². The van der Waals surface area contributed by atoms with Crippen LogP contribution in [0.4, 0.5) is 14.6 Å². The summed E-state index contributed by atoms with van der Waals surface area (Å²) in [6, 6.07) is 11.0. The summed E-state index contributed by atoms with van der Waals surface area (Å²) in [7, 11) is 0. The largest absolute Gasteiger partial charge is 0.463 e. The van der Waals surface area contributed by atoms with Gasteiger partial charge in [-0.25, -0.2) is 13.8 Å². The molecular weight excluding hydrogens is 552 g/mol. The van der Waals surface area contributed by atoms with Crippen LogP contribution >= 0.6 is 11.6 Å². The summed E-state index contributed by atoms with van der Waals surface area (Å²) in [6.45, 7) is 0.489. The van der Waals surface area contributed by atoms with Crippen molar-refractivity contribution in [2.75, 3.05) is 24.6 Å². The summed E-state index contributed by atoms with van der Waals surface area (Å²) in [6.07, 6.45) is 5.14. The van der Waals surface area contributed by atoms with Crippen LogP contribution in [0.3, 0.4) is 0 Å². The van der Waals surface area contributed by atoms with Crippen molar-refractivity contribution in [3.8, 4) is 17.3 Å². The predicted octanol–water partition coefficient (Wildman–Crippen LogP) is 4.29. The second-order valence-corrected chi connectivity index (χ2v) is 10.8. The first-order valence-electron chi connectivity index (χ1n) is 13.4. The number of halogens is 3. The molecule has 41 heavy (non-hydrogen) atoms. The molecule has 0 saturated carbocycles. The summed E-state index contributed by atoms with van der Waals surface area (Å²) < 4.78 is 36.9. The first-order chi connectivity index (χ1) is 20.0. The lowest BCUT2D eigenvalue weighted by atomic mass is 10.0. The van der Waals surface area contributed by atoms with E-state index >= 15 is 4.39 Å². The Hall–Kier alpha value is -3.93. The van der Waals surface area contributed by atoms with E-state index in [1.807, 2.05) is 29.2 Å². The van der Waals surface area contributed by atoms with E-state index in [9.17, 15) is 9.50 Å². The summed E-state index contributed by atoms with van der Waals surface area (Å²) in [4.78, 5) is 19.9. The molecule has 0 amide bonds. The minimum absolute atomic E-state index is 0.00992. The van der Waals surface area contributed by atoms with Gasteiger partial charge in [-0.15, -0.1) is 0 Å². The van der Waals surface area contributed by atoms with Gasteiger partial charge in [0, 0.05) is 60.1 Å². The fourth-order valence-electron chi connectivity index (χ4n) is 5.91. The fourth-order valence-corrected chi connectivity index (χ4v) is 6.19. The number of aliphatic hydroxyl groups excluding tert-OH is 1. The minimum atomic E-state index is -0.692. The van der Waals surface area contributed by atoms with Crippen molar-refractivity contribution < 1.29 is 18.6 Å². The number of aromatic nitrogens is 5. The van der Waals surface area contributed by atoms with Gasteiger partial charge < -0.3 is 24.6 Å². The smallest absolute Gasteiger partial charge is 0.319 e. The molecule has 5 aromatic rings. The van der Waals surface area contributed by atoms with Gasteiger partial charge in [-0.2, -0.15) is 9.97 Å². The average molecular weight is 578 g/mol. The Labute approximate surface area is 238 Å². The number of piperazine rings is 1. The molecule has 5 heterocycles. The summed E-state index contributed by atoms with van der Waals surface area (Å²) >= 11 is 6.54. The van der Waals surface area contributed by atoms with E-state index in [1.165, 1.54) is 10.8 Å². The topological polar surface area (TPSA) is 101 Å². The molecule has 2 N–H and O–H groups in total. The lowest BCUT2D eigenvalue weighted by Crippen LogP contribution is -2.53. The second kappa shape index (κ2) is 10.5. The van der Waals surface area contributed by atoms with Gasteiger partial charge in [-0.3, -0.25) is 4.98 Å². The molecule has 9 nitrogen and oxygen atoms in total. The van der Waals surface area contributed by atoms with Gasteiger partial charge in [0.25, 0.3) is 0 Å². The average Bonchev–Trinajstić information content (AvgIpc) is 3.54. The number of hydrogen-bond acceptors (Lipinski definition) is 8. The SMILES string of the molecule is O[C@@H]1C[C@@H]2CN(c3nc(OCCc4nccn4CF)nc4c(F)c(-c5cccc6cccc(Cl)c56)ncc34)C[C@H]1N2. The van der Waals surface area contributed by atoms with Gasteiger partial charge in [0.05, 0.1) is 24.1 Å². The minimum Gasteiger partial charge on any atom is -0.463 e. The zero-order chi connectivity index (χ0) is 28.1. The quantitative estimate of drug-likeness (QED) is 0.295. The number of anilines is 1. The lowest BCUT2D eigenvalue weighted by Gasteiger charge is -2.34. The van der Waals surface area contributed by atoms with Crippen molar-refractivity contribution in [1.82, 2.24) is 29.8 Å². The Morgan fingerprint density at radius 2 is 1.98 bits per heavy atom. The highest BCUT2D eigenvalue weighted by molar-refractivity contribution is 6.36. The molecule has 7 rings (SSSR count). The second-order valence-electron chi connectivity index (χ2n) is 10.4. The number of hydrogen-bond donors (Lipinski definition) is 2. The maximum atomic E-state index is 16.4. The van der Waals surface area contributed by atoms with Crippen molar-refractivity contribution in [3.05, 3.63) is 71.7 Å². The third-order valence-electron chi connectivity index (χ3n) is 7.84. The molecule has 3 aromatic heterocycles. The zero-order valence-corrected chi connectivity index (χ0v) is 22.6. The van der Waals surface area contributed by atoms with E-state index in [-0.39, 0.29) is 35.9 Å². The normalized spacial score (nSPS) is 20.3. The van der Waals surface area contributed by atoms with E-state index < -0.39 is 18.7 Å². The summed E-state index contributed by atoms with van der Waals surface area (Å²) in [5.74, 6) is 0.385. The van der Waals surface area contributed by atoms with Crippen LogP contribution in [0.5, 0.6) is 6.01 Å². The van der Waals surface area contributed by atoms with Gasteiger partial charge in [0.1, 0.15) is 22.9 Å². The monoisotopic (exact) mass is 577 g/mol. The van der Waals surface area contributed by atoms with Crippen LogP contribution in [0.1, 0.15) is 12.2 Å². The Balaban J connectivity index is 1.32. The number of ether oxygens (including phenoxy) is 1. The first kappa shape index (κ1) is 26.0. The van der Waals surface area contributed by atoms with Crippen molar-refractivity contribution >= 4 is 39.1 Å². The molecule has 0 radical (unpaired) electrons. The number of nitrogens with zero attached hydrogens (tertiary/aromatic N) is 6. The van der Waals surface area contributed by atoms with Crippen molar-refractivity contribution in [1.29, 1.82) is 0 Å². The van der Waals surface area contributed by atoms with E-state index in [1.54, 1.807) is 24.5 Å². The van der Waals surface area contributed by atoms with E-state index in [0.717, 1.165) is 5.39 Å². The summed E-state index contributed by atoms with van der Waals surface area (Å²) in [5.41, 5.74) is 0.736. The molecular formula is C29H26ClF2N7O2. The molecule has 210 valence electrons. The maximum absolute atomic E-state index is 16.4. The Morgan fingerprint density at radius 1 is 1.12 bits per heavy atom. The lowest BCUT2D eigenvalue weighted by molar-refractivity contribution is 0.163. The van der Waals surface area contributed by atoms with Crippen LogP contribution in [0, 0.1) is 5.82 Å². The molecule has 2 fully saturated rings. The number of pyridine rings is 1. The molecule has 2 aromatic carbocycles. The molecule has 0 aliphatic carbocycles. The molecule has 2 bridgehead atoms. The number of imidazole rings is 1. The third kappa shape index (κ3) is 4.63. The Morgan fingerprint density at radius 3 is 2.80 bits per heavy atom. The molecule has 2 saturated heterocycles. The van der Waals surface area contributed by atoms with Gasteiger partial charge in [0.2, 0.25) is 0 Å². The van der Waals surface area contributed by atoms with Crippen LogP contribution in [0.2, 0.25) is 5.02 Å². The number of alkyl halides is 1. The highest BCUT2D eigenvalue weighted by atomic mass is 35.5. The fraction of sp³-hybridized carbons (Fsp3) is 0.310. The number of nitrogens with one attached hydrogen (secondary N) is 1.